The number of benzene rings is 1. The largest absolute Gasteiger partial charge is 0.491 e. The van der Waals surface area contributed by atoms with Gasteiger partial charge in [-0.25, -0.2) is 0 Å². The molecule has 0 aromatic heterocycles. The van der Waals surface area contributed by atoms with E-state index in [4.69, 9.17) is 4.74 Å². The van der Waals surface area contributed by atoms with Crippen LogP contribution in [-0.2, 0) is 0 Å². The molecule has 0 amide bonds. The van der Waals surface area contributed by atoms with Crippen molar-refractivity contribution in [3.05, 3.63) is 29.8 Å². The Hall–Kier alpha value is -1.06. The first-order valence-electron chi connectivity index (χ1n) is 8.65. The predicted molar refractivity (Wildman–Crippen MR) is 98.2 cm³/mol. The summed E-state index contributed by atoms with van der Waals surface area (Å²) in [5.41, 5.74) is 1.43. The van der Waals surface area contributed by atoms with Gasteiger partial charge in [-0.15, -0.1) is 0 Å². The maximum absolute atomic E-state index is 10.2. The number of ether oxygens (including phenoxy) is 1. The molecule has 0 aliphatic heterocycles. The van der Waals surface area contributed by atoms with Crippen LogP contribution in [0.2, 0.25) is 0 Å². The first kappa shape index (κ1) is 20.0. The molecule has 23 heavy (non-hydrogen) atoms. The van der Waals surface area contributed by atoms with Crippen molar-refractivity contribution >= 4 is 0 Å². The van der Waals surface area contributed by atoms with Crippen LogP contribution in [0.25, 0.3) is 0 Å². The second-order valence-electron chi connectivity index (χ2n) is 8.66. The lowest BCUT2D eigenvalue weighted by atomic mass is 9.82. The third kappa shape index (κ3) is 7.85. The molecule has 0 spiro atoms. The van der Waals surface area contributed by atoms with Gasteiger partial charge in [-0.05, 0) is 43.2 Å². The number of aliphatic hydroxyl groups excluding tert-OH is 1. The minimum atomic E-state index is -0.519. The molecular formula is C20H35NO2. The Bertz CT molecular complexity index is 475. The van der Waals surface area contributed by atoms with Crippen molar-refractivity contribution in [1.82, 2.24) is 5.32 Å². The SMILES string of the molecule is CC(C)c1ccccc1OC[C@H](O)CNC(C)(C)CC(C)(C)C. The molecule has 3 heteroatoms. The normalized spacial score (nSPS) is 14.1. The van der Waals surface area contributed by atoms with Crippen LogP contribution < -0.4 is 10.1 Å². The average Bonchev–Trinajstić information content (AvgIpc) is 2.40. The van der Waals surface area contributed by atoms with E-state index in [1.807, 2.05) is 18.2 Å². The Morgan fingerprint density at radius 2 is 1.70 bits per heavy atom. The molecule has 1 aromatic rings. The Morgan fingerprint density at radius 1 is 1.09 bits per heavy atom. The van der Waals surface area contributed by atoms with Crippen molar-refractivity contribution in [2.24, 2.45) is 5.41 Å². The zero-order valence-electron chi connectivity index (χ0n) is 15.9. The van der Waals surface area contributed by atoms with E-state index in [1.165, 1.54) is 5.56 Å². The number of hydrogen-bond donors (Lipinski definition) is 2. The fourth-order valence-electron chi connectivity index (χ4n) is 3.12. The highest BCUT2D eigenvalue weighted by Crippen LogP contribution is 2.27. The van der Waals surface area contributed by atoms with Gasteiger partial charge in [0, 0.05) is 12.1 Å². The van der Waals surface area contributed by atoms with Crippen LogP contribution in [0.15, 0.2) is 24.3 Å². The molecule has 132 valence electrons. The lowest BCUT2D eigenvalue weighted by Crippen LogP contribution is -2.46. The van der Waals surface area contributed by atoms with Gasteiger partial charge < -0.3 is 15.2 Å². The third-order valence-electron chi connectivity index (χ3n) is 3.76. The van der Waals surface area contributed by atoms with Crippen molar-refractivity contribution < 1.29 is 9.84 Å². The van der Waals surface area contributed by atoms with Crippen molar-refractivity contribution in [2.45, 2.75) is 72.4 Å². The third-order valence-corrected chi connectivity index (χ3v) is 3.76. The van der Waals surface area contributed by atoms with Gasteiger partial charge in [0.2, 0.25) is 0 Å². The van der Waals surface area contributed by atoms with E-state index in [0.29, 0.717) is 19.1 Å². The van der Waals surface area contributed by atoms with Crippen LogP contribution in [0.3, 0.4) is 0 Å². The highest BCUT2D eigenvalue weighted by molar-refractivity contribution is 5.35. The highest BCUT2D eigenvalue weighted by atomic mass is 16.5. The molecule has 0 fully saturated rings. The lowest BCUT2D eigenvalue weighted by molar-refractivity contribution is 0.0938. The molecule has 3 nitrogen and oxygen atoms in total. The Labute approximate surface area is 142 Å². The molecule has 0 heterocycles. The summed E-state index contributed by atoms with van der Waals surface area (Å²) in [5, 5.41) is 13.7. The summed E-state index contributed by atoms with van der Waals surface area (Å²) in [4.78, 5) is 0. The van der Waals surface area contributed by atoms with Gasteiger partial charge in [0.05, 0.1) is 0 Å². The Morgan fingerprint density at radius 3 is 2.26 bits per heavy atom. The van der Waals surface area contributed by atoms with Crippen molar-refractivity contribution in [3.63, 3.8) is 0 Å². The van der Waals surface area contributed by atoms with Gasteiger partial charge in [0.15, 0.2) is 0 Å². The molecule has 1 aromatic carbocycles. The van der Waals surface area contributed by atoms with Gasteiger partial charge in [0.25, 0.3) is 0 Å². The summed E-state index contributed by atoms with van der Waals surface area (Å²) in [7, 11) is 0. The van der Waals surface area contributed by atoms with Crippen LogP contribution in [0.1, 0.15) is 66.4 Å². The molecule has 0 aliphatic carbocycles. The summed E-state index contributed by atoms with van der Waals surface area (Å²) >= 11 is 0. The van der Waals surface area contributed by atoms with Crippen molar-refractivity contribution in [2.75, 3.05) is 13.2 Å². The average molecular weight is 322 g/mol. The molecular weight excluding hydrogens is 286 g/mol. The molecule has 0 aliphatic rings. The maximum Gasteiger partial charge on any atom is 0.122 e. The van der Waals surface area contributed by atoms with Crippen LogP contribution in [0.5, 0.6) is 5.75 Å². The summed E-state index contributed by atoms with van der Waals surface area (Å²) in [6.45, 7) is 16.2. The molecule has 0 bridgehead atoms. The van der Waals surface area contributed by atoms with E-state index in [0.717, 1.165) is 12.2 Å². The number of aliphatic hydroxyl groups is 1. The topological polar surface area (TPSA) is 41.5 Å². The van der Waals surface area contributed by atoms with E-state index in [1.54, 1.807) is 0 Å². The summed E-state index contributed by atoms with van der Waals surface area (Å²) in [5.74, 6) is 1.28. The second kappa shape index (κ2) is 8.16. The van der Waals surface area contributed by atoms with Crippen LogP contribution in [-0.4, -0.2) is 29.9 Å². The van der Waals surface area contributed by atoms with E-state index >= 15 is 0 Å². The van der Waals surface area contributed by atoms with Gasteiger partial charge in [-0.2, -0.15) is 0 Å². The number of rotatable bonds is 8. The predicted octanol–water partition coefficient (Wildman–Crippen LogP) is 4.35. The fourth-order valence-corrected chi connectivity index (χ4v) is 3.12. The molecule has 0 saturated carbocycles. The number of β-amino-alcohol motifs (C(OH)–C–C–N with tert-alkyl or cyclic N) is 1. The maximum atomic E-state index is 10.2. The molecule has 2 N–H and O–H groups in total. The smallest absolute Gasteiger partial charge is 0.122 e. The van der Waals surface area contributed by atoms with Crippen LogP contribution >= 0.6 is 0 Å². The van der Waals surface area contributed by atoms with Crippen LogP contribution in [0, 0.1) is 5.41 Å². The van der Waals surface area contributed by atoms with Crippen LogP contribution in [0.4, 0.5) is 0 Å². The number of nitrogens with one attached hydrogen (secondary N) is 1. The quantitative estimate of drug-likeness (QED) is 0.748. The first-order valence-corrected chi connectivity index (χ1v) is 8.65. The molecule has 0 unspecified atom stereocenters. The van der Waals surface area contributed by atoms with Crippen molar-refractivity contribution in [3.8, 4) is 5.75 Å². The van der Waals surface area contributed by atoms with E-state index in [2.05, 4.69) is 59.8 Å². The first-order chi connectivity index (χ1) is 10.5. The molecule has 1 atom stereocenters. The van der Waals surface area contributed by atoms with Gasteiger partial charge >= 0.3 is 0 Å². The lowest BCUT2D eigenvalue weighted by Gasteiger charge is -2.34. The minimum Gasteiger partial charge on any atom is -0.491 e. The van der Waals surface area contributed by atoms with Gasteiger partial charge in [0.1, 0.15) is 18.5 Å². The monoisotopic (exact) mass is 321 g/mol. The highest BCUT2D eigenvalue weighted by Gasteiger charge is 2.25. The fraction of sp³-hybridized carbons (Fsp3) is 0.700. The zero-order valence-corrected chi connectivity index (χ0v) is 15.9. The van der Waals surface area contributed by atoms with Gasteiger partial charge in [-0.3, -0.25) is 0 Å². The Kier molecular flexibility index (Phi) is 7.09. The van der Waals surface area contributed by atoms with E-state index < -0.39 is 6.10 Å². The zero-order chi connectivity index (χ0) is 17.7. The Balaban J connectivity index is 2.48. The molecule has 0 radical (unpaired) electrons. The van der Waals surface area contributed by atoms with E-state index in [-0.39, 0.29) is 11.0 Å². The number of hydrogen-bond acceptors (Lipinski definition) is 3. The standard InChI is InChI=1S/C20H35NO2/c1-15(2)17-10-8-9-11-18(17)23-13-16(22)12-21-20(6,7)14-19(3,4)5/h8-11,15-16,21-22H,12-14H2,1-7H3/t16-/m1/s1. The number of para-hydroxylation sites is 1. The van der Waals surface area contributed by atoms with E-state index in [9.17, 15) is 5.11 Å². The minimum absolute atomic E-state index is 0.00489. The summed E-state index contributed by atoms with van der Waals surface area (Å²) in [6, 6.07) is 8.05. The summed E-state index contributed by atoms with van der Waals surface area (Å²) < 4.78 is 5.84. The molecule has 0 saturated heterocycles. The van der Waals surface area contributed by atoms with Gasteiger partial charge in [-0.1, -0.05) is 52.8 Å². The molecule has 1 rings (SSSR count). The van der Waals surface area contributed by atoms with Crippen molar-refractivity contribution in [1.29, 1.82) is 0 Å². The second-order valence-corrected chi connectivity index (χ2v) is 8.66. The summed E-state index contributed by atoms with van der Waals surface area (Å²) in [6.07, 6.45) is 0.526.